The number of hydrogen-bond donors (Lipinski definition) is 2. The largest absolute Gasteiger partial charge is 0.467 e. The fraction of sp³-hybridized carbons (Fsp3) is 0.294. The van der Waals surface area contributed by atoms with Crippen molar-refractivity contribution in [2.75, 3.05) is 25.0 Å². The van der Waals surface area contributed by atoms with Crippen LogP contribution in [0.25, 0.3) is 0 Å². The lowest BCUT2D eigenvalue weighted by Crippen LogP contribution is -2.45. The number of amides is 1. The molecule has 0 unspecified atom stereocenters. The van der Waals surface area contributed by atoms with Crippen LogP contribution in [0.4, 0.5) is 5.69 Å². The van der Waals surface area contributed by atoms with Crippen molar-refractivity contribution >= 4 is 41.5 Å². The minimum absolute atomic E-state index is 0. The predicted molar refractivity (Wildman–Crippen MR) is 105 cm³/mol. The first-order valence-corrected chi connectivity index (χ1v) is 7.63. The second-order valence-corrected chi connectivity index (χ2v) is 5.29. The predicted octanol–water partition coefficient (Wildman–Crippen LogP) is 2.15. The van der Waals surface area contributed by atoms with Crippen LogP contribution in [0.1, 0.15) is 11.3 Å². The van der Waals surface area contributed by atoms with Crippen LogP contribution in [0.2, 0.25) is 0 Å². The van der Waals surface area contributed by atoms with Gasteiger partial charge >= 0.3 is 0 Å². The van der Waals surface area contributed by atoms with Gasteiger partial charge in [-0.2, -0.15) is 0 Å². The first kappa shape index (κ1) is 18.3. The molecule has 1 aliphatic heterocycles. The Balaban J connectivity index is 0.00000208. The number of anilines is 1. The van der Waals surface area contributed by atoms with Crippen LogP contribution in [0, 0.1) is 0 Å². The number of benzene rings is 1. The lowest BCUT2D eigenvalue weighted by atomic mass is 10.2. The van der Waals surface area contributed by atoms with Crippen molar-refractivity contribution < 1.29 is 9.21 Å². The molecule has 3 rings (SSSR count). The molecule has 0 radical (unpaired) electrons. The number of rotatable bonds is 4. The van der Waals surface area contributed by atoms with Crippen LogP contribution in [-0.4, -0.2) is 32.0 Å². The highest BCUT2D eigenvalue weighted by atomic mass is 127. The quantitative estimate of drug-likeness (QED) is 0.435. The van der Waals surface area contributed by atoms with Crippen LogP contribution in [0.3, 0.4) is 0 Å². The van der Waals surface area contributed by atoms with E-state index in [1.807, 2.05) is 18.2 Å². The molecule has 0 aliphatic carbocycles. The van der Waals surface area contributed by atoms with Gasteiger partial charge in [0.2, 0.25) is 5.91 Å². The van der Waals surface area contributed by atoms with E-state index in [1.54, 1.807) is 19.4 Å². The van der Waals surface area contributed by atoms with E-state index in [2.05, 4.69) is 32.7 Å². The molecular weight excluding hydrogens is 419 g/mol. The van der Waals surface area contributed by atoms with Gasteiger partial charge in [0.25, 0.3) is 0 Å². The van der Waals surface area contributed by atoms with Crippen LogP contribution in [0.5, 0.6) is 0 Å². The molecule has 7 heteroatoms. The maximum atomic E-state index is 11.9. The number of furan rings is 1. The summed E-state index contributed by atoms with van der Waals surface area (Å²) in [6, 6.07) is 11.9. The maximum absolute atomic E-state index is 11.9. The molecule has 2 aromatic rings. The minimum Gasteiger partial charge on any atom is -0.467 e. The van der Waals surface area contributed by atoms with Crippen LogP contribution < -0.4 is 15.5 Å². The van der Waals surface area contributed by atoms with Crippen molar-refractivity contribution in [2.45, 2.75) is 13.0 Å². The molecule has 24 heavy (non-hydrogen) atoms. The zero-order chi connectivity index (χ0) is 16.1. The molecule has 2 N–H and O–H groups in total. The van der Waals surface area contributed by atoms with E-state index in [1.165, 1.54) is 5.56 Å². The Kier molecular flexibility index (Phi) is 6.65. The second kappa shape index (κ2) is 8.72. The van der Waals surface area contributed by atoms with E-state index in [0.29, 0.717) is 12.5 Å². The molecule has 1 aliphatic rings. The summed E-state index contributed by atoms with van der Waals surface area (Å²) in [5.74, 6) is 1.34. The number of guanidine groups is 1. The molecule has 1 aromatic heterocycles. The molecule has 0 fully saturated rings. The lowest BCUT2D eigenvalue weighted by molar-refractivity contribution is -0.120. The van der Waals surface area contributed by atoms with Crippen LogP contribution in [-0.2, 0) is 17.8 Å². The van der Waals surface area contributed by atoms with Crippen molar-refractivity contribution in [3.05, 3.63) is 54.0 Å². The van der Waals surface area contributed by atoms with Crippen molar-refractivity contribution in [3.8, 4) is 0 Å². The summed E-state index contributed by atoms with van der Waals surface area (Å²) in [5, 5.41) is 5.92. The number of hydrogen-bond acceptors (Lipinski definition) is 3. The van der Waals surface area contributed by atoms with E-state index in [0.717, 1.165) is 24.4 Å². The molecule has 6 nitrogen and oxygen atoms in total. The van der Waals surface area contributed by atoms with Gasteiger partial charge in [0.1, 0.15) is 5.76 Å². The smallest absolute Gasteiger partial charge is 0.239 e. The maximum Gasteiger partial charge on any atom is 0.239 e. The van der Waals surface area contributed by atoms with Crippen molar-refractivity contribution in [1.29, 1.82) is 0 Å². The number of aliphatic imine (C=N–C) groups is 1. The summed E-state index contributed by atoms with van der Waals surface area (Å²) in [6.45, 7) is 1.43. The molecule has 0 spiro atoms. The molecule has 1 aromatic carbocycles. The first-order valence-electron chi connectivity index (χ1n) is 7.63. The molecule has 2 heterocycles. The fourth-order valence-electron chi connectivity index (χ4n) is 2.67. The van der Waals surface area contributed by atoms with Crippen molar-refractivity contribution in [1.82, 2.24) is 10.6 Å². The molecule has 0 atom stereocenters. The van der Waals surface area contributed by atoms with E-state index < -0.39 is 0 Å². The van der Waals surface area contributed by atoms with Gasteiger partial charge < -0.3 is 20.0 Å². The van der Waals surface area contributed by atoms with E-state index in [4.69, 9.17) is 4.42 Å². The first-order chi connectivity index (χ1) is 11.3. The highest BCUT2D eigenvalue weighted by molar-refractivity contribution is 14.0. The van der Waals surface area contributed by atoms with Gasteiger partial charge in [0.05, 0.1) is 19.4 Å². The van der Waals surface area contributed by atoms with Gasteiger partial charge in [0.15, 0.2) is 5.96 Å². The normalized spacial score (nSPS) is 13.2. The topological polar surface area (TPSA) is 69.9 Å². The van der Waals surface area contributed by atoms with Gasteiger partial charge in [-0.25, -0.2) is 0 Å². The Hall–Kier alpha value is -2.03. The Morgan fingerprint density at radius 3 is 2.83 bits per heavy atom. The molecular formula is C17H21IN4O2. The summed E-state index contributed by atoms with van der Waals surface area (Å²) >= 11 is 0. The average Bonchev–Trinajstić information content (AvgIpc) is 3.23. The molecule has 0 saturated heterocycles. The number of halogens is 1. The SMILES string of the molecule is CN=C(NCC(=O)NCc1ccco1)N1CCc2ccccc21.I. The van der Waals surface area contributed by atoms with Crippen molar-refractivity contribution in [3.63, 3.8) is 0 Å². The Morgan fingerprint density at radius 2 is 2.08 bits per heavy atom. The van der Waals surface area contributed by atoms with Gasteiger partial charge in [0, 0.05) is 19.3 Å². The standard InChI is InChI=1S/C17H20N4O2.HI/c1-18-17(21-9-8-13-5-2-3-7-15(13)21)20-12-16(22)19-11-14-6-4-10-23-14;/h2-7,10H,8-9,11-12H2,1H3,(H,18,20)(H,19,22);1H. The molecule has 0 bridgehead atoms. The zero-order valence-corrected chi connectivity index (χ0v) is 15.8. The third-order valence-corrected chi connectivity index (χ3v) is 3.80. The molecule has 1 amide bonds. The highest BCUT2D eigenvalue weighted by Gasteiger charge is 2.22. The van der Waals surface area contributed by atoms with Gasteiger partial charge in [-0.05, 0) is 30.2 Å². The zero-order valence-electron chi connectivity index (χ0n) is 13.5. The second-order valence-electron chi connectivity index (χ2n) is 5.29. The fourth-order valence-corrected chi connectivity index (χ4v) is 2.67. The van der Waals surface area contributed by atoms with Gasteiger partial charge in [-0.3, -0.25) is 9.79 Å². The number of nitrogens with one attached hydrogen (secondary N) is 2. The summed E-state index contributed by atoms with van der Waals surface area (Å²) < 4.78 is 5.18. The van der Waals surface area contributed by atoms with Crippen LogP contribution >= 0.6 is 24.0 Å². The monoisotopic (exact) mass is 440 g/mol. The summed E-state index contributed by atoms with van der Waals surface area (Å²) in [7, 11) is 1.73. The number of nitrogens with zero attached hydrogens (tertiary/aromatic N) is 2. The summed E-state index contributed by atoms with van der Waals surface area (Å²) in [4.78, 5) is 18.3. The summed E-state index contributed by atoms with van der Waals surface area (Å²) in [5.41, 5.74) is 2.45. The number of carbonyl (C=O) groups is 1. The summed E-state index contributed by atoms with van der Waals surface area (Å²) in [6.07, 6.45) is 2.58. The Morgan fingerprint density at radius 1 is 1.25 bits per heavy atom. The van der Waals surface area contributed by atoms with Crippen molar-refractivity contribution in [2.24, 2.45) is 4.99 Å². The average molecular weight is 440 g/mol. The number of para-hydroxylation sites is 1. The third-order valence-electron chi connectivity index (χ3n) is 3.80. The van der Waals surface area contributed by atoms with E-state index in [-0.39, 0.29) is 36.4 Å². The molecule has 0 saturated carbocycles. The lowest BCUT2D eigenvalue weighted by Gasteiger charge is -2.22. The van der Waals surface area contributed by atoms with Gasteiger partial charge in [-0.1, -0.05) is 18.2 Å². The van der Waals surface area contributed by atoms with E-state index in [9.17, 15) is 4.79 Å². The minimum atomic E-state index is -0.102. The van der Waals surface area contributed by atoms with Crippen LogP contribution in [0.15, 0.2) is 52.1 Å². The number of carbonyl (C=O) groups excluding carboxylic acids is 1. The van der Waals surface area contributed by atoms with Gasteiger partial charge in [-0.15, -0.1) is 24.0 Å². The Labute approximate surface area is 158 Å². The Bertz CT molecular complexity index is 700. The molecule has 128 valence electrons. The highest BCUT2D eigenvalue weighted by Crippen LogP contribution is 2.27. The third kappa shape index (κ3) is 4.28. The van der Waals surface area contributed by atoms with E-state index >= 15 is 0 Å². The number of fused-ring (bicyclic) bond motifs is 1.